The summed E-state index contributed by atoms with van der Waals surface area (Å²) in [5.74, 6) is 0.972. The molecule has 0 bridgehead atoms. The van der Waals surface area contributed by atoms with Gasteiger partial charge in [0.25, 0.3) is 0 Å². The van der Waals surface area contributed by atoms with Gasteiger partial charge in [-0.25, -0.2) is 0 Å². The molecular weight excluding hydrogens is 380 g/mol. The molecule has 0 spiro atoms. The number of ether oxygens (including phenoxy) is 3. The molecule has 2 N–H and O–H groups in total. The average molecular weight is 414 g/mol. The van der Waals surface area contributed by atoms with Crippen LogP contribution in [-0.2, 0) is 11.3 Å². The van der Waals surface area contributed by atoms with Crippen molar-refractivity contribution in [3.05, 3.63) is 23.8 Å². The van der Waals surface area contributed by atoms with E-state index in [0.29, 0.717) is 12.5 Å². The lowest BCUT2D eigenvalue weighted by atomic mass is 9.83. The standard InChI is InChI=1S/C21H33F2N3O3/c1-4-28-12-11-21(9-5-6-10-21)15-26-20(24-2)25-14-16-7-8-17(27-3)18(13-16)29-19(22)23/h7-8,13,19H,4-6,9-12,14-15H2,1-3H3,(H2,24,25,26). The number of alkyl halides is 2. The quantitative estimate of drug-likeness (QED) is 0.327. The van der Waals surface area contributed by atoms with Crippen molar-refractivity contribution in [2.24, 2.45) is 10.4 Å². The van der Waals surface area contributed by atoms with E-state index in [2.05, 4.69) is 20.4 Å². The van der Waals surface area contributed by atoms with Gasteiger partial charge in [-0.05, 0) is 49.3 Å². The lowest BCUT2D eigenvalue weighted by molar-refractivity contribution is -0.0512. The molecule has 0 radical (unpaired) electrons. The predicted octanol–water partition coefficient (Wildman–Crippen LogP) is 3.95. The maximum absolute atomic E-state index is 12.6. The normalized spacial score (nSPS) is 16.1. The van der Waals surface area contributed by atoms with E-state index in [4.69, 9.17) is 9.47 Å². The van der Waals surface area contributed by atoms with Crippen LogP contribution in [0.3, 0.4) is 0 Å². The van der Waals surface area contributed by atoms with Crippen molar-refractivity contribution in [2.45, 2.75) is 52.2 Å². The number of nitrogens with one attached hydrogen (secondary N) is 2. The Hall–Kier alpha value is -2.09. The highest BCUT2D eigenvalue weighted by Gasteiger charge is 2.33. The number of methoxy groups -OCH3 is 1. The molecule has 8 heteroatoms. The van der Waals surface area contributed by atoms with Crippen LogP contribution in [0.15, 0.2) is 23.2 Å². The number of nitrogens with zero attached hydrogens (tertiary/aromatic N) is 1. The number of hydrogen-bond acceptors (Lipinski definition) is 4. The fourth-order valence-corrected chi connectivity index (χ4v) is 3.77. The summed E-state index contributed by atoms with van der Waals surface area (Å²) in [6.45, 7) is 1.90. The van der Waals surface area contributed by atoms with Crippen molar-refractivity contribution in [3.63, 3.8) is 0 Å². The summed E-state index contributed by atoms with van der Waals surface area (Å²) < 4.78 is 40.4. The summed E-state index contributed by atoms with van der Waals surface area (Å²) in [7, 11) is 3.14. The summed E-state index contributed by atoms with van der Waals surface area (Å²) in [6, 6.07) is 4.97. The zero-order valence-corrected chi connectivity index (χ0v) is 17.6. The number of aliphatic imine (C=N–C) groups is 1. The van der Waals surface area contributed by atoms with Gasteiger partial charge in [0, 0.05) is 33.4 Å². The molecule has 0 atom stereocenters. The van der Waals surface area contributed by atoms with E-state index in [1.165, 1.54) is 32.8 Å². The molecule has 0 heterocycles. The fourth-order valence-electron chi connectivity index (χ4n) is 3.77. The number of hydrogen-bond donors (Lipinski definition) is 2. The van der Waals surface area contributed by atoms with Gasteiger partial charge in [0.05, 0.1) is 7.11 Å². The van der Waals surface area contributed by atoms with Crippen LogP contribution >= 0.6 is 0 Å². The first-order valence-electron chi connectivity index (χ1n) is 10.2. The minimum absolute atomic E-state index is 0.0191. The Balaban J connectivity index is 1.91. The van der Waals surface area contributed by atoms with E-state index in [1.54, 1.807) is 25.2 Å². The van der Waals surface area contributed by atoms with Crippen molar-refractivity contribution in [1.29, 1.82) is 0 Å². The van der Waals surface area contributed by atoms with Crippen LogP contribution in [0.2, 0.25) is 0 Å². The maximum Gasteiger partial charge on any atom is 0.387 e. The van der Waals surface area contributed by atoms with E-state index in [-0.39, 0.29) is 16.9 Å². The Kier molecular flexibility index (Phi) is 9.44. The van der Waals surface area contributed by atoms with E-state index in [9.17, 15) is 8.78 Å². The molecule has 1 aliphatic rings. The first-order valence-corrected chi connectivity index (χ1v) is 10.2. The lowest BCUT2D eigenvalue weighted by Crippen LogP contribution is -2.43. The molecule has 2 rings (SSSR count). The van der Waals surface area contributed by atoms with E-state index >= 15 is 0 Å². The lowest BCUT2D eigenvalue weighted by Gasteiger charge is -2.30. The third kappa shape index (κ3) is 7.34. The molecule has 1 aromatic rings. The molecule has 6 nitrogen and oxygen atoms in total. The Morgan fingerprint density at radius 2 is 1.97 bits per heavy atom. The van der Waals surface area contributed by atoms with Crippen LogP contribution in [0.25, 0.3) is 0 Å². The van der Waals surface area contributed by atoms with Gasteiger partial charge < -0.3 is 24.8 Å². The number of benzene rings is 1. The molecule has 1 saturated carbocycles. The smallest absolute Gasteiger partial charge is 0.387 e. The van der Waals surface area contributed by atoms with Crippen molar-refractivity contribution in [2.75, 3.05) is 33.9 Å². The molecular formula is C21H33F2N3O3. The summed E-state index contributed by atoms with van der Waals surface area (Å²) in [6.07, 6.45) is 5.92. The van der Waals surface area contributed by atoms with Crippen LogP contribution in [0.5, 0.6) is 11.5 Å². The second-order valence-electron chi connectivity index (χ2n) is 7.30. The summed E-state index contributed by atoms with van der Waals surface area (Å²) >= 11 is 0. The van der Waals surface area contributed by atoms with E-state index in [1.807, 2.05) is 6.92 Å². The van der Waals surface area contributed by atoms with Gasteiger partial charge in [0.1, 0.15) is 0 Å². The van der Waals surface area contributed by atoms with Gasteiger partial charge >= 0.3 is 6.61 Å². The molecule has 164 valence electrons. The second-order valence-corrected chi connectivity index (χ2v) is 7.30. The van der Waals surface area contributed by atoms with Crippen molar-refractivity contribution < 1.29 is 23.0 Å². The van der Waals surface area contributed by atoms with Gasteiger partial charge in [-0.2, -0.15) is 8.78 Å². The summed E-state index contributed by atoms with van der Waals surface area (Å²) in [5.41, 5.74) is 1.03. The van der Waals surface area contributed by atoms with Gasteiger partial charge in [-0.1, -0.05) is 18.9 Å². The fraction of sp³-hybridized carbons (Fsp3) is 0.667. The first-order chi connectivity index (χ1) is 14.0. The molecule has 0 amide bonds. The van der Waals surface area contributed by atoms with E-state index < -0.39 is 6.61 Å². The maximum atomic E-state index is 12.6. The number of halogens is 2. The largest absolute Gasteiger partial charge is 0.493 e. The second kappa shape index (κ2) is 11.8. The van der Waals surface area contributed by atoms with Crippen LogP contribution < -0.4 is 20.1 Å². The highest BCUT2D eigenvalue weighted by Crippen LogP contribution is 2.40. The van der Waals surface area contributed by atoms with Crippen LogP contribution in [0, 0.1) is 5.41 Å². The van der Waals surface area contributed by atoms with Crippen molar-refractivity contribution in [1.82, 2.24) is 10.6 Å². The third-order valence-corrected chi connectivity index (χ3v) is 5.40. The highest BCUT2D eigenvalue weighted by molar-refractivity contribution is 5.79. The Morgan fingerprint density at radius 1 is 1.21 bits per heavy atom. The van der Waals surface area contributed by atoms with Gasteiger partial charge in [-0.15, -0.1) is 0 Å². The Labute approximate surface area is 172 Å². The van der Waals surface area contributed by atoms with E-state index in [0.717, 1.165) is 31.7 Å². The van der Waals surface area contributed by atoms with Crippen molar-refractivity contribution in [3.8, 4) is 11.5 Å². The third-order valence-electron chi connectivity index (χ3n) is 5.40. The Morgan fingerprint density at radius 3 is 2.59 bits per heavy atom. The molecule has 29 heavy (non-hydrogen) atoms. The van der Waals surface area contributed by atoms with Crippen LogP contribution in [0.4, 0.5) is 8.78 Å². The molecule has 0 aromatic heterocycles. The van der Waals surface area contributed by atoms with Crippen molar-refractivity contribution >= 4 is 5.96 Å². The summed E-state index contributed by atoms with van der Waals surface area (Å²) in [5, 5.41) is 6.66. The molecule has 1 fully saturated rings. The molecule has 1 aliphatic carbocycles. The Bertz CT molecular complexity index is 650. The van der Waals surface area contributed by atoms with Crippen LogP contribution in [0.1, 0.15) is 44.6 Å². The number of guanidine groups is 1. The van der Waals surface area contributed by atoms with Gasteiger partial charge in [-0.3, -0.25) is 4.99 Å². The highest BCUT2D eigenvalue weighted by atomic mass is 19.3. The monoisotopic (exact) mass is 413 g/mol. The molecule has 1 aromatic carbocycles. The topological polar surface area (TPSA) is 64.1 Å². The predicted molar refractivity (Wildman–Crippen MR) is 110 cm³/mol. The van der Waals surface area contributed by atoms with Gasteiger partial charge in [0.15, 0.2) is 17.5 Å². The zero-order chi connectivity index (χ0) is 21.1. The molecule has 0 aliphatic heterocycles. The van der Waals surface area contributed by atoms with Gasteiger partial charge in [0.2, 0.25) is 0 Å². The first kappa shape index (κ1) is 23.2. The van der Waals surface area contributed by atoms with Crippen LogP contribution in [-0.4, -0.2) is 46.5 Å². The SMILES string of the molecule is CCOCCC1(CNC(=NC)NCc2ccc(OC)c(OC(F)F)c2)CCCC1. The number of rotatable bonds is 11. The molecule has 0 unspecified atom stereocenters. The molecule has 0 saturated heterocycles. The summed E-state index contributed by atoms with van der Waals surface area (Å²) in [4.78, 5) is 4.28. The zero-order valence-electron chi connectivity index (χ0n) is 17.6. The minimum Gasteiger partial charge on any atom is -0.493 e. The minimum atomic E-state index is -2.90. The average Bonchev–Trinajstić information content (AvgIpc) is 3.17.